The lowest BCUT2D eigenvalue weighted by Gasteiger charge is -2.33. The Morgan fingerprint density at radius 2 is 2.08 bits per heavy atom. The third kappa shape index (κ3) is 5.34. The van der Waals surface area contributed by atoms with Crippen molar-refractivity contribution in [2.24, 2.45) is 5.92 Å². The minimum atomic E-state index is -0.216. The number of benzene rings is 1. The van der Waals surface area contributed by atoms with Gasteiger partial charge in [0.15, 0.2) is 0 Å². The number of carbonyl (C=O) groups is 1. The minimum Gasteiger partial charge on any atom is -0.496 e. The highest BCUT2D eigenvalue weighted by Crippen LogP contribution is 2.41. The van der Waals surface area contributed by atoms with Crippen molar-refractivity contribution >= 4 is 17.5 Å². The molecular formula is C28H37ClN2O5. The Kier molecular flexibility index (Phi) is 8.75. The normalized spacial score (nSPS) is 18.3. The van der Waals surface area contributed by atoms with Gasteiger partial charge >= 0.3 is 0 Å². The van der Waals surface area contributed by atoms with Crippen molar-refractivity contribution in [1.82, 2.24) is 9.88 Å². The van der Waals surface area contributed by atoms with Gasteiger partial charge in [-0.2, -0.15) is 0 Å². The van der Waals surface area contributed by atoms with Gasteiger partial charge in [0.25, 0.3) is 5.91 Å². The second-order valence-electron chi connectivity index (χ2n) is 9.66. The molecule has 2 atom stereocenters. The van der Waals surface area contributed by atoms with E-state index in [-0.39, 0.29) is 17.9 Å². The second kappa shape index (κ2) is 11.8. The van der Waals surface area contributed by atoms with E-state index in [1.54, 1.807) is 14.2 Å². The second-order valence-corrected chi connectivity index (χ2v) is 10.0. The van der Waals surface area contributed by atoms with Crippen molar-refractivity contribution in [2.75, 3.05) is 40.6 Å². The zero-order valence-electron chi connectivity index (χ0n) is 22.0. The van der Waals surface area contributed by atoms with E-state index in [1.807, 2.05) is 24.8 Å². The van der Waals surface area contributed by atoms with Gasteiger partial charge in [0.1, 0.15) is 5.75 Å². The summed E-state index contributed by atoms with van der Waals surface area (Å²) in [5.41, 5.74) is 5.10. The summed E-state index contributed by atoms with van der Waals surface area (Å²) in [5, 5.41) is 0.484. The molecule has 0 saturated carbocycles. The van der Waals surface area contributed by atoms with Gasteiger partial charge in [-0.3, -0.25) is 4.79 Å². The van der Waals surface area contributed by atoms with Crippen LogP contribution in [0.4, 0.5) is 0 Å². The summed E-state index contributed by atoms with van der Waals surface area (Å²) < 4.78 is 23.2. The molecule has 0 unspecified atom stereocenters. The largest absolute Gasteiger partial charge is 0.496 e. The van der Waals surface area contributed by atoms with Crippen molar-refractivity contribution in [1.29, 1.82) is 0 Å². The van der Waals surface area contributed by atoms with Gasteiger partial charge < -0.3 is 23.8 Å². The van der Waals surface area contributed by atoms with Crippen LogP contribution in [0.3, 0.4) is 0 Å². The number of amides is 1. The molecule has 1 amide bonds. The number of methoxy groups -OCH3 is 2. The number of ether oxygens (including phenoxy) is 4. The van der Waals surface area contributed by atoms with E-state index in [1.165, 1.54) is 0 Å². The first-order chi connectivity index (χ1) is 17.4. The molecule has 2 aliphatic rings. The summed E-state index contributed by atoms with van der Waals surface area (Å²) in [5.74, 6) is 1.32. The zero-order chi connectivity index (χ0) is 25.8. The molecule has 2 aliphatic heterocycles. The van der Waals surface area contributed by atoms with Crippen LogP contribution in [0.25, 0.3) is 0 Å². The van der Waals surface area contributed by atoms with E-state index in [0.29, 0.717) is 55.1 Å². The number of hydrogen-bond acceptors (Lipinski definition) is 6. The van der Waals surface area contributed by atoms with Crippen LogP contribution < -0.4 is 9.47 Å². The fraction of sp³-hybridized carbons (Fsp3) is 0.571. The first-order valence-corrected chi connectivity index (χ1v) is 13.2. The number of aromatic nitrogens is 1. The Bertz CT molecular complexity index is 1100. The number of pyridine rings is 1. The highest BCUT2D eigenvalue weighted by Gasteiger charge is 2.35. The van der Waals surface area contributed by atoms with Gasteiger partial charge in [0, 0.05) is 43.5 Å². The van der Waals surface area contributed by atoms with E-state index >= 15 is 0 Å². The Labute approximate surface area is 219 Å². The Morgan fingerprint density at radius 3 is 2.75 bits per heavy atom. The Hall–Kier alpha value is -2.35. The maximum absolute atomic E-state index is 13.9. The molecule has 1 aromatic carbocycles. The molecule has 1 saturated heterocycles. The average Bonchev–Trinajstić information content (AvgIpc) is 3.39. The SMILES string of the molecule is CCCCOc1nc(C)cc(OC)c1CN1CCc2c(C)cc([C@@H](OC)[C@H]3CCOC3)c(Cl)c2C1=O. The molecule has 8 heteroatoms. The van der Waals surface area contributed by atoms with E-state index < -0.39 is 0 Å². The first-order valence-electron chi connectivity index (χ1n) is 12.8. The smallest absolute Gasteiger partial charge is 0.255 e. The number of nitrogens with zero attached hydrogens (tertiary/aromatic N) is 2. The molecule has 1 fully saturated rings. The first kappa shape index (κ1) is 26.7. The lowest BCUT2D eigenvalue weighted by atomic mass is 9.87. The molecule has 4 rings (SSSR count). The van der Waals surface area contributed by atoms with Crippen molar-refractivity contribution in [3.63, 3.8) is 0 Å². The summed E-state index contributed by atoms with van der Waals surface area (Å²) in [6, 6.07) is 3.97. The van der Waals surface area contributed by atoms with E-state index in [2.05, 4.69) is 18.0 Å². The molecular weight excluding hydrogens is 480 g/mol. The number of rotatable bonds is 10. The quantitative estimate of drug-likeness (QED) is 0.390. The van der Waals surface area contributed by atoms with Crippen LogP contribution in [0.2, 0.25) is 5.02 Å². The van der Waals surface area contributed by atoms with E-state index in [9.17, 15) is 4.79 Å². The minimum absolute atomic E-state index is 0.0918. The predicted octanol–water partition coefficient (Wildman–Crippen LogP) is 5.46. The number of unbranched alkanes of at least 4 members (excludes halogenated alkanes) is 1. The van der Waals surface area contributed by atoms with Crippen molar-refractivity contribution in [3.05, 3.63) is 50.7 Å². The fourth-order valence-corrected chi connectivity index (χ4v) is 5.58. The topological polar surface area (TPSA) is 70.1 Å². The van der Waals surface area contributed by atoms with E-state index in [4.69, 9.17) is 30.5 Å². The van der Waals surface area contributed by atoms with Crippen LogP contribution in [-0.2, 0) is 22.4 Å². The molecule has 7 nitrogen and oxygen atoms in total. The van der Waals surface area contributed by atoms with Gasteiger partial charge in [-0.15, -0.1) is 0 Å². The molecule has 0 aliphatic carbocycles. The van der Waals surface area contributed by atoms with Crippen LogP contribution >= 0.6 is 11.6 Å². The summed E-state index contributed by atoms with van der Waals surface area (Å²) in [6.07, 6.45) is 3.37. The van der Waals surface area contributed by atoms with Crippen LogP contribution in [0, 0.1) is 19.8 Å². The van der Waals surface area contributed by atoms with Crippen LogP contribution in [0.1, 0.15) is 70.6 Å². The molecule has 0 N–H and O–H groups in total. The summed E-state index contributed by atoms with van der Waals surface area (Å²) in [4.78, 5) is 20.3. The summed E-state index contributed by atoms with van der Waals surface area (Å²) in [7, 11) is 3.32. The maximum atomic E-state index is 13.9. The van der Waals surface area contributed by atoms with Crippen LogP contribution in [0.15, 0.2) is 12.1 Å². The highest BCUT2D eigenvalue weighted by molar-refractivity contribution is 6.35. The monoisotopic (exact) mass is 516 g/mol. The van der Waals surface area contributed by atoms with Crippen LogP contribution in [0.5, 0.6) is 11.6 Å². The number of carbonyl (C=O) groups excluding carboxylic acids is 1. The third-order valence-electron chi connectivity index (χ3n) is 7.19. The van der Waals surface area contributed by atoms with Crippen molar-refractivity contribution in [3.8, 4) is 11.6 Å². The average molecular weight is 517 g/mol. The lowest BCUT2D eigenvalue weighted by molar-refractivity contribution is 0.0443. The van der Waals surface area contributed by atoms with Gasteiger partial charge in [0.2, 0.25) is 5.88 Å². The Morgan fingerprint density at radius 1 is 1.28 bits per heavy atom. The van der Waals surface area contributed by atoms with Crippen molar-refractivity contribution < 1.29 is 23.7 Å². The number of halogens is 1. The van der Waals surface area contributed by atoms with Gasteiger partial charge in [-0.05, 0) is 44.2 Å². The molecule has 3 heterocycles. The maximum Gasteiger partial charge on any atom is 0.255 e. The van der Waals surface area contributed by atoms with Gasteiger partial charge in [0.05, 0.1) is 49.1 Å². The molecule has 0 spiro atoms. The Balaban J connectivity index is 1.68. The van der Waals surface area contributed by atoms with Crippen LogP contribution in [-0.4, -0.2) is 56.4 Å². The predicted molar refractivity (Wildman–Crippen MR) is 139 cm³/mol. The molecule has 1 aromatic heterocycles. The lowest BCUT2D eigenvalue weighted by Crippen LogP contribution is -2.38. The highest BCUT2D eigenvalue weighted by atomic mass is 35.5. The number of hydrogen-bond donors (Lipinski definition) is 0. The number of aryl methyl sites for hydroxylation is 2. The van der Waals surface area contributed by atoms with Gasteiger partial charge in [-0.25, -0.2) is 4.98 Å². The van der Waals surface area contributed by atoms with Crippen molar-refractivity contribution in [2.45, 2.75) is 59.1 Å². The van der Waals surface area contributed by atoms with E-state index in [0.717, 1.165) is 53.6 Å². The molecule has 2 aromatic rings. The summed E-state index contributed by atoms with van der Waals surface area (Å²) >= 11 is 6.98. The molecule has 0 bridgehead atoms. The standard InChI is InChI=1S/C28H37ClN2O5/c1-6-7-11-36-27-22(23(33-4)14-18(3)30-27)15-31-10-8-20-17(2)13-21(25(29)24(20)28(31)32)26(34-5)19-9-12-35-16-19/h13-14,19,26H,6-12,15-16H2,1-5H3/t19-,26-/m0/s1. The number of fused-ring (bicyclic) bond motifs is 1. The third-order valence-corrected chi connectivity index (χ3v) is 7.60. The zero-order valence-corrected chi connectivity index (χ0v) is 22.7. The molecule has 36 heavy (non-hydrogen) atoms. The van der Waals surface area contributed by atoms with Gasteiger partial charge in [-0.1, -0.05) is 31.0 Å². The fourth-order valence-electron chi connectivity index (χ4n) is 5.23. The summed E-state index contributed by atoms with van der Waals surface area (Å²) in [6.45, 7) is 8.90. The molecule has 0 radical (unpaired) electrons. The molecule has 196 valence electrons.